The van der Waals surface area contributed by atoms with Gasteiger partial charge in [0.15, 0.2) is 11.5 Å². The maximum atomic E-state index is 13.0. The first-order valence-electron chi connectivity index (χ1n) is 8.78. The minimum atomic E-state index is -0.988. The number of aliphatic imine (C=N–C) groups is 1. The van der Waals surface area contributed by atoms with Crippen LogP contribution in [0.15, 0.2) is 29.3 Å². The molecule has 1 unspecified atom stereocenters. The van der Waals surface area contributed by atoms with Gasteiger partial charge in [-0.25, -0.2) is 4.99 Å². The third kappa shape index (κ3) is 3.03. The minimum absolute atomic E-state index is 0.0917. The molecule has 2 N–H and O–H groups in total. The van der Waals surface area contributed by atoms with E-state index in [1.54, 1.807) is 7.05 Å². The van der Waals surface area contributed by atoms with Gasteiger partial charge in [0.25, 0.3) is 5.91 Å². The van der Waals surface area contributed by atoms with E-state index in [-0.39, 0.29) is 11.9 Å². The van der Waals surface area contributed by atoms with E-state index >= 15 is 0 Å². The Morgan fingerprint density at radius 3 is 2.72 bits per heavy atom. The zero-order valence-corrected chi connectivity index (χ0v) is 15.7. The number of rotatable bonds is 3. The van der Waals surface area contributed by atoms with Gasteiger partial charge in [-0.2, -0.15) is 0 Å². The first kappa shape index (κ1) is 17.5. The highest BCUT2D eigenvalue weighted by Crippen LogP contribution is 2.49. The van der Waals surface area contributed by atoms with Crippen molar-refractivity contribution in [2.75, 3.05) is 7.05 Å². The highest BCUT2D eigenvalue weighted by Gasteiger charge is 2.55. The van der Waals surface area contributed by atoms with Crippen LogP contribution in [0.5, 0.6) is 5.75 Å². The number of hydrogen-bond acceptors (Lipinski definition) is 4. The molecule has 0 bridgehead atoms. The Labute approximate surface area is 149 Å². The molecule has 0 aromatic heterocycles. The Morgan fingerprint density at radius 2 is 2.12 bits per heavy atom. The van der Waals surface area contributed by atoms with E-state index in [0.717, 1.165) is 17.5 Å². The Morgan fingerprint density at radius 1 is 1.40 bits per heavy atom. The summed E-state index contributed by atoms with van der Waals surface area (Å²) in [5.41, 5.74) is 6.33. The summed E-state index contributed by atoms with van der Waals surface area (Å²) in [6, 6.07) is 5.96. The average Bonchev–Trinajstić information content (AvgIpc) is 2.71. The van der Waals surface area contributed by atoms with Gasteiger partial charge in [-0.05, 0) is 43.9 Å². The van der Waals surface area contributed by atoms with Crippen molar-refractivity contribution in [1.29, 1.82) is 0 Å². The molecule has 0 fully saturated rings. The monoisotopic (exact) mass is 341 g/mol. The number of amides is 1. The molecular weight excluding hydrogens is 314 g/mol. The maximum absolute atomic E-state index is 13.0. The second kappa shape index (κ2) is 5.90. The van der Waals surface area contributed by atoms with E-state index in [9.17, 15) is 4.79 Å². The van der Waals surface area contributed by atoms with Crippen LogP contribution in [0.2, 0.25) is 0 Å². The van der Waals surface area contributed by atoms with Crippen LogP contribution in [0, 0.1) is 5.92 Å². The Kier molecular flexibility index (Phi) is 4.13. The lowest BCUT2D eigenvalue weighted by molar-refractivity contribution is -0.133. The highest BCUT2D eigenvalue weighted by atomic mass is 16.5. The first-order chi connectivity index (χ1) is 11.6. The summed E-state index contributed by atoms with van der Waals surface area (Å²) < 4.78 is 6.12. The molecule has 0 saturated heterocycles. The van der Waals surface area contributed by atoms with Crippen molar-refractivity contribution in [3.8, 4) is 5.75 Å². The van der Waals surface area contributed by atoms with E-state index in [1.165, 1.54) is 4.90 Å². The second-order valence-corrected chi connectivity index (χ2v) is 8.02. The predicted molar refractivity (Wildman–Crippen MR) is 100 cm³/mol. The van der Waals surface area contributed by atoms with Crippen molar-refractivity contribution < 1.29 is 9.53 Å². The lowest BCUT2D eigenvalue weighted by Crippen LogP contribution is -2.49. The number of guanidine groups is 1. The van der Waals surface area contributed by atoms with Crippen LogP contribution in [-0.2, 0) is 10.3 Å². The van der Waals surface area contributed by atoms with Crippen LogP contribution < -0.4 is 10.5 Å². The van der Waals surface area contributed by atoms with Gasteiger partial charge in [-0.15, -0.1) is 0 Å². The summed E-state index contributed by atoms with van der Waals surface area (Å²) in [5.74, 6) is 1.48. The molecule has 5 nitrogen and oxygen atoms in total. The Hall–Kier alpha value is -2.30. The molecule has 1 amide bonds. The lowest BCUT2D eigenvalue weighted by Gasteiger charge is -2.41. The molecular formula is C20H27N3O2. The predicted octanol–water partition coefficient (Wildman–Crippen LogP) is 3.29. The van der Waals surface area contributed by atoms with Crippen molar-refractivity contribution in [3.05, 3.63) is 35.4 Å². The van der Waals surface area contributed by atoms with Gasteiger partial charge >= 0.3 is 0 Å². The molecule has 2 aliphatic heterocycles. The van der Waals surface area contributed by atoms with Gasteiger partial charge in [0.2, 0.25) is 0 Å². The molecule has 2 aliphatic rings. The zero-order valence-electron chi connectivity index (χ0n) is 15.7. The number of allylic oxidation sites excluding steroid dienone is 1. The van der Waals surface area contributed by atoms with E-state index in [0.29, 0.717) is 18.1 Å². The van der Waals surface area contributed by atoms with E-state index in [2.05, 4.69) is 31.0 Å². The Balaban J connectivity index is 2.09. The quantitative estimate of drug-likeness (QED) is 0.917. The average molecular weight is 341 g/mol. The molecule has 1 aromatic rings. The summed E-state index contributed by atoms with van der Waals surface area (Å²) in [6.07, 6.45) is 5.73. The summed E-state index contributed by atoms with van der Waals surface area (Å²) in [6.45, 7) is 8.33. The SMILES string of the molecule is CC(C)C/C=C/c1ccc2c(c1)C1(CC(C)(C)O2)N=C(N)N(C)C1=O. The number of ether oxygens (including phenoxy) is 1. The number of carbonyl (C=O) groups is 1. The summed E-state index contributed by atoms with van der Waals surface area (Å²) >= 11 is 0. The largest absolute Gasteiger partial charge is 0.487 e. The first-order valence-corrected chi connectivity index (χ1v) is 8.78. The number of likely N-dealkylation sites (N-methyl/N-ethyl adjacent to an activating group) is 1. The van der Waals surface area contributed by atoms with Crippen LogP contribution in [-0.4, -0.2) is 29.4 Å². The van der Waals surface area contributed by atoms with Gasteiger partial charge < -0.3 is 10.5 Å². The second-order valence-electron chi connectivity index (χ2n) is 8.02. The third-order valence-corrected chi connectivity index (χ3v) is 4.74. The number of fused-ring (bicyclic) bond motifs is 2. The number of nitrogens with zero attached hydrogens (tertiary/aromatic N) is 2. The van der Waals surface area contributed by atoms with Crippen molar-refractivity contribution in [1.82, 2.24) is 4.90 Å². The van der Waals surface area contributed by atoms with Crippen LogP contribution in [0.4, 0.5) is 0 Å². The fraction of sp³-hybridized carbons (Fsp3) is 0.500. The molecule has 3 rings (SSSR count). The summed E-state index contributed by atoms with van der Waals surface area (Å²) in [4.78, 5) is 19.0. The minimum Gasteiger partial charge on any atom is -0.487 e. The van der Waals surface area contributed by atoms with Crippen molar-refractivity contribution in [2.24, 2.45) is 16.6 Å². The fourth-order valence-corrected chi connectivity index (χ4v) is 3.58. The normalized spacial score (nSPS) is 24.8. The van der Waals surface area contributed by atoms with E-state index < -0.39 is 11.1 Å². The molecule has 1 aromatic carbocycles. The molecule has 1 spiro atoms. The van der Waals surface area contributed by atoms with Gasteiger partial charge in [0.05, 0.1) is 0 Å². The van der Waals surface area contributed by atoms with E-state index in [4.69, 9.17) is 10.5 Å². The van der Waals surface area contributed by atoms with Crippen LogP contribution >= 0.6 is 0 Å². The lowest BCUT2D eigenvalue weighted by atomic mass is 9.77. The van der Waals surface area contributed by atoms with Gasteiger partial charge in [-0.3, -0.25) is 9.69 Å². The molecule has 1 atom stereocenters. The smallest absolute Gasteiger partial charge is 0.261 e. The zero-order chi connectivity index (χ0) is 18.4. The van der Waals surface area contributed by atoms with Gasteiger partial charge in [-0.1, -0.05) is 32.1 Å². The van der Waals surface area contributed by atoms with Crippen LogP contribution in [0.25, 0.3) is 6.08 Å². The Bertz CT molecular complexity index is 764. The molecule has 0 saturated carbocycles. The third-order valence-electron chi connectivity index (χ3n) is 4.74. The molecule has 2 heterocycles. The van der Waals surface area contributed by atoms with Crippen LogP contribution in [0.1, 0.15) is 51.7 Å². The summed E-state index contributed by atoms with van der Waals surface area (Å²) in [7, 11) is 1.67. The molecule has 0 aliphatic carbocycles. The topological polar surface area (TPSA) is 67.9 Å². The van der Waals surface area contributed by atoms with Gasteiger partial charge in [0.1, 0.15) is 11.4 Å². The molecule has 25 heavy (non-hydrogen) atoms. The number of hydrogen-bond donors (Lipinski definition) is 1. The fourth-order valence-electron chi connectivity index (χ4n) is 3.58. The summed E-state index contributed by atoms with van der Waals surface area (Å²) in [5, 5.41) is 0. The number of carbonyl (C=O) groups excluding carboxylic acids is 1. The molecule has 134 valence electrons. The molecule has 5 heteroatoms. The van der Waals surface area contributed by atoms with Crippen molar-refractivity contribution in [2.45, 2.75) is 51.7 Å². The van der Waals surface area contributed by atoms with Crippen LogP contribution in [0.3, 0.4) is 0 Å². The number of nitrogens with two attached hydrogens (primary N) is 1. The van der Waals surface area contributed by atoms with Gasteiger partial charge in [0, 0.05) is 19.0 Å². The highest BCUT2D eigenvalue weighted by molar-refractivity contribution is 6.07. The standard InChI is InChI=1S/C20H27N3O2/c1-13(2)7-6-8-14-9-10-16-15(11-14)20(12-19(3,4)25-16)17(24)23(5)18(21)22-20/h6,8-11,13H,7,12H2,1-5H3,(H2,21,22)/b8-6+. The van der Waals surface area contributed by atoms with E-state index in [1.807, 2.05) is 32.0 Å². The van der Waals surface area contributed by atoms with Crippen molar-refractivity contribution in [3.63, 3.8) is 0 Å². The number of benzene rings is 1. The molecule has 0 radical (unpaired) electrons. The van der Waals surface area contributed by atoms with Crippen molar-refractivity contribution >= 4 is 17.9 Å². The maximum Gasteiger partial charge on any atom is 0.261 e.